The summed E-state index contributed by atoms with van der Waals surface area (Å²) in [5.41, 5.74) is 0.253. The van der Waals surface area contributed by atoms with Crippen molar-refractivity contribution in [2.24, 2.45) is 29.1 Å². The highest BCUT2D eigenvalue weighted by Gasteiger charge is 2.78. The highest BCUT2D eigenvalue weighted by Crippen LogP contribution is 2.70. The van der Waals surface area contributed by atoms with Crippen molar-refractivity contribution in [1.82, 2.24) is 0 Å². The summed E-state index contributed by atoms with van der Waals surface area (Å²) in [4.78, 5) is 14.4. The van der Waals surface area contributed by atoms with Gasteiger partial charge in [0.25, 0.3) is 0 Å². The summed E-state index contributed by atoms with van der Waals surface area (Å²) >= 11 is 0. The van der Waals surface area contributed by atoms with E-state index in [0.29, 0.717) is 11.8 Å². The Morgan fingerprint density at radius 2 is 1.96 bits per heavy atom. The summed E-state index contributed by atoms with van der Waals surface area (Å²) in [6, 6.07) is 0. The van der Waals surface area contributed by atoms with E-state index in [1.807, 2.05) is 0 Å². The molecular formula is C21H34NO3+. The Morgan fingerprint density at radius 1 is 1.20 bits per heavy atom. The van der Waals surface area contributed by atoms with E-state index in [2.05, 4.69) is 20.8 Å². The number of esters is 1. The van der Waals surface area contributed by atoms with Crippen molar-refractivity contribution in [2.45, 2.75) is 77.1 Å². The number of fused-ring (bicyclic) bond motifs is 2. The summed E-state index contributed by atoms with van der Waals surface area (Å²) in [5.74, 6) is 1.92. The largest absolute Gasteiger partial charge is 0.462 e. The third kappa shape index (κ3) is 2.22. The van der Waals surface area contributed by atoms with Crippen LogP contribution in [0.15, 0.2) is 0 Å². The van der Waals surface area contributed by atoms with Gasteiger partial charge >= 0.3 is 5.97 Å². The van der Waals surface area contributed by atoms with Crippen LogP contribution in [-0.4, -0.2) is 43.4 Å². The normalized spacial score (nSPS) is 57.2. The number of hydrogen-bond donors (Lipinski definition) is 1. The van der Waals surface area contributed by atoms with Crippen LogP contribution < -0.4 is 4.90 Å². The van der Waals surface area contributed by atoms with Gasteiger partial charge < -0.3 is 14.4 Å². The minimum atomic E-state index is 0.0460. The van der Waals surface area contributed by atoms with Crippen LogP contribution >= 0.6 is 0 Å². The molecule has 0 bridgehead atoms. The molecule has 0 aromatic rings. The van der Waals surface area contributed by atoms with Gasteiger partial charge in [-0.2, -0.15) is 0 Å². The molecule has 0 aromatic heterocycles. The van der Waals surface area contributed by atoms with Crippen LogP contribution in [0.5, 0.6) is 0 Å². The Balaban J connectivity index is 1.37. The number of carbonyl (C=O) groups excluding carboxylic acids is 1. The smallest absolute Gasteiger partial charge is 0.315 e. The van der Waals surface area contributed by atoms with Gasteiger partial charge in [-0.05, 0) is 43.9 Å². The molecule has 3 heterocycles. The second-order valence-electron chi connectivity index (χ2n) is 10.2. The molecule has 4 heteroatoms. The number of nitrogens with one attached hydrogen (secondary N) is 1. The number of carbonyl (C=O) groups is 1. The molecule has 1 N–H and O–H groups in total. The van der Waals surface area contributed by atoms with Crippen molar-refractivity contribution in [2.75, 3.05) is 19.6 Å². The van der Waals surface area contributed by atoms with Gasteiger partial charge in [0.1, 0.15) is 17.6 Å². The zero-order chi connectivity index (χ0) is 17.4. The molecule has 25 heavy (non-hydrogen) atoms. The Bertz CT molecular complexity index is 571. The molecule has 7 atom stereocenters. The van der Waals surface area contributed by atoms with Crippen LogP contribution in [0.25, 0.3) is 0 Å². The van der Waals surface area contributed by atoms with Gasteiger partial charge in [0.05, 0.1) is 25.7 Å². The molecule has 5 aliphatic rings. The molecule has 0 radical (unpaired) electrons. The highest BCUT2D eigenvalue weighted by molar-refractivity contribution is 5.76. The fourth-order valence-corrected chi connectivity index (χ4v) is 7.15. The van der Waals surface area contributed by atoms with Gasteiger partial charge in [0.2, 0.25) is 0 Å². The maximum absolute atomic E-state index is 12.7. The Hall–Kier alpha value is -0.610. The van der Waals surface area contributed by atoms with Crippen LogP contribution in [-0.2, 0) is 14.3 Å². The van der Waals surface area contributed by atoms with Gasteiger partial charge in [-0.1, -0.05) is 27.2 Å². The van der Waals surface area contributed by atoms with Crippen LogP contribution in [0.4, 0.5) is 0 Å². The molecule has 5 rings (SSSR count). The van der Waals surface area contributed by atoms with Gasteiger partial charge in [0.15, 0.2) is 0 Å². The lowest BCUT2D eigenvalue weighted by Gasteiger charge is -2.48. The predicted octanol–water partition coefficient (Wildman–Crippen LogP) is 1.83. The van der Waals surface area contributed by atoms with E-state index < -0.39 is 0 Å². The zero-order valence-electron chi connectivity index (χ0n) is 16.1. The third-order valence-electron chi connectivity index (χ3n) is 8.68. The molecule has 0 unspecified atom stereocenters. The number of likely N-dealkylation sites (tertiary alicyclic amines) is 1. The van der Waals surface area contributed by atoms with Gasteiger partial charge in [-0.15, -0.1) is 0 Å². The maximum atomic E-state index is 12.7. The average Bonchev–Trinajstić information content (AvgIpc) is 3.25. The van der Waals surface area contributed by atoms with Crippen molar-refractivity contribution in [3.8, 4) is 0 Å². The second-order valence-corrected chi connectivity index (χ2v) is 10.2. The van der Waals surface area contributed by atoms with Crippen LogP contribution in [0.2, 0.25) is 0 Å². The summed E-state index contributed by atoms with van der Waals surface area (Å²) in [5, 5.41) is 0. The number of epoxide rings is 1. The molecule has 4 nitrogen and oxygen atoms in total. The molecule has 5 fully saturated rings. The Kier molecular flexibility index (Phi) is 3.61. The first-order valence-corrected chi connectivity index (χ1v) is 10.7. The van der Waals surface area contributed by atoms with E-state index in [1.54, 1.807) is 4.90 Å². The number of hydrogen-bond acceptors (Lipinski definition) is 3. The fourth-order valence-electron chi connectivity index (χ4n) is 7.15. The Morgan fingerprint density at radius 3 is 2.72 bits per heavy atom. The minimum Gasteiger partial charge on any atom is -0.462 e. The quantitative estimate of drug-likeness (QED) is 0.612. The minimum absolute atomic E-state index is 0.0460. The third-order valence-corrected chi connectivity index (χ3v) is 8.68. The lowest BCUT2D eigenvalue weighted by Crippen LogP contribution is -3.14. The van der Waals surface area contributed by atoms with Crippen molar-refractivity contribution < 1.29 is 19.2 Å². The molecule has 2 aliphatic carbocycles. The number of rotatable bonds is 2. The van der Waals surface area contributed by atoms with Crippen molar-refractivity contribution in [3.05, 3.63) is 0 Å². The van der Waals surface area contributed by atoms with E-state index in [0.717, 1.165) is 18.9 Å². The maximum Gasteiger partial charge on any atom is 0.315 e. The first-order valence-electron chi connectivity index (χ1n) is 10.7. The summed E-state index contributed by atoms with van der Waals surface area (Å²) in [6.07, 6.45) is 7.79. The molecular weight excluding hydrogens is 314 g/mol. The summed E-state index contributed by atoms with van der Waals surface area (Å²) in [6.45, 7) is 10.5. The SMILES string of the molecule is CC1CC[NH+](C[C@@H]2C(=O)O[C@H]3C[C@]4(C)CCC[C@@H](C)[C@@]45O[C@H]5[C@@H]32)CC1. The number of piperidine rings is 1. The topological polar surface area (TPSA) is 43.3 Å². The zero-order valence-corrected chi connectivity index (χ0v) is 16.1. The van der Waals surface area contributed by atoms with Crippen molar-refractivity contribution in [3.63, 3.8) is 0 Å². The highest BCUT2D eigenvalue weighted by atomic mass is 16.6. The second kappa shape index (κ2) is 5.45. The van der Waals surface area contributed by atoms with Crippen molar-refractivity contribution in [1.29, 1.82) is 0 Å². The molecule has 1 spiro atoms. The van der Waals surface area contributed by atoms with Gasteiger partial charge in [-0.3, -0.25) is 4.79 Å². The van der Waals surface area contributed by atoms with E-state index in [4.69, 9.17) is 9.47 Å². The molecule has 0 aromatic carbocycles. The van der Waals surface area contributed by atoms with Crippen LogP contribution in [0, 0.1) is 29.1 Å². The lowest BCUT2D eigenvalue weighted by atomic mass is 9.53. The molecule has 140 valence electrons. The van der Waals surface area contributed by atoms with Crippen LogP contribution in [0.1, 0.15) is 59.3 Å². The number of quaternary nitrogens is 1. The van der Waals surface area contributed by atoms with E-state index in [-0.39, 0.29) is 35.1 Å². The van der Waals surface area contributed by atoms with E-state index >= 15 is 0 Å². The number of ether oxygens (including phenoxy) is 2. The standard InChI is InChI=1S/C21H33NO3/c1-13-6-9-22(10-7-13)12-15-17-16(24-19(15)23)11-20(3)8-4-5-14(2)21(20)18(17)25-21/h13-18H,4-12H2,1-3H3/p+1/t14-,15+,16+,17-,18+,20+,21+/m1/s1. The van der Waals surface area contributed by atoms with E-state index in [1.165, 1.54) is 45.2 Å². The van der Waals surface area contributed by atoms with E-state index in [9.17, 15) is 4.79 Å². The fraction of sp³-hybridized carbons (Fsp3) is 0.952. The molecule has 3 saturated heterocycles. The first-order chi connectivity index (χ1) is 11.9. The van der Waals surface area contributed by atoms with Gasteiger partial charge in [0, 0.05) is 11.3 Å². The lowest BCUT2D eigenvalue weighted by molar-refractivity contribution is -0.908. The molecule has 2 saturated carbocycles. The van der Waals surface area contributed by atoms with Crippen molar-refractivity contribution >= 4 is 5.97 Å². The summed E-state index contributed by atoms with van der Waals surface area (Å²) in [7, 11) is 0. The van der Waals surface area contributed by atoms with Crippen LogP contribution in [0.3, 0.4) is 0 Å². The molecule has 3 aliphatic heterocycles. The predicted molar refractivity (Wildman–Crippen MR) is 94.2 cm³/mol. The first kappa shape index (κ1) is 16.6. The monoisotopic (exact) mass is 348 g/mol. The summed E-state index contributed by atoms with van der Waals surface area (Å²) < 4.78 is 12.5. The molecule has 0 amide bonds. The van der Waals surface area contributed by atoms with Gasteiger partial charge in [-0.25, -0.2) is 0 Å². The Labute approximate surface area is 151 Å². The average molecular weight is 349 g/mol.